The lowest BCUT2D eigenvalue weighted by Gasteiger charge is -2.26. The fourth-order valence-corrected chi connectivity index (χ4v) is 1.80. The quantitative estimate of drug-likeness (QED) is 0.605. The van der Waals surface area contributed by atoms with Crippen molar-refractivity contribution in [2.75, 3.05) is 30.9 Å². The van der Waals surface area contributed by atoms with Crippen molar-refractivity contribution in [1.82, 2.24) is 9.97 Å². The van der Waals surface area contributed by atoms with Crippen molar-refractivity contribution in [3.05, 3.63) is 15.8 Å². The van der Waals surface area contributed by atoms with Crippen LogP contribution in [0.15, 0.2) is 0 Å². The first-order valence-electron chi connectivity index (χ1n) is 5.80. The van der Waals surface area contributed by atoms with Crippen LogP contribution < -0.4 is 10.2 Å². The second-order valence-electron chi connectivity index (χ2n) is 4.98. The summed E-state index contributed by atoms with van der Waals surface area (Å²) in [7, 11) is 3.28. The second kappa shape index (κ2) is 5.35. The summed E-state index contributed by atoms with van der Waals surface area (Å²) in [5, 5.41) is 23.7. The second-order valence-corrected chi connectivity index (χ2v) is 4.98. The van der Waals surface area contributed by atoms with Crippen LogP contribution >= 0.6 is 0 Å². The Morgan fingerprint density at radius 3 is 2.47 bits per heavy atom. The molecule has 0 aliphatic heterocycles. The first-order chi connectivity index (χ1) is 8.65. The van der Waals surface area contributed by atoms with E-state index in [-0.39, 0.29) is 23.7 Å². The molecule has 0 spiro atoms. The summed E-state index contributed by atoms with van der Waals surface area (Å²) in [6.45, 7) is 5.03. The zero-order valence-corrected chi connectivity index (χ0v) is 11.8. The highest BCUT2D eigenvalue weighted by Gasteiger charge is 2.27. The van der Waals surface area contributed by atoms with Crippen molar-refractivity contribution in [1.29, 1.82) is 0 Å². The fraction of sp³-hybridized carbons (Fsp3) is 0.636. The predicted octanol–water partition coefficient (Wildman–Crippen LogP) is 0.942. The van der Waals surface area contributed by atoms with Crippen molar-refractivity contribution < 1.29 is 10.0 Å². The smallest absolute Gasteiger partial charge is 0.332 e. The summed E-state index contributed by atoms with van der Waals surface area (Å²) < 4.78 is 0. The van der Waals surface area contributed by atoms with E-state index in [0.717, 1.165) is 0 Å². The molecule has 0 amide bonds. The molecule has 1 rings (SSSR count). The van der Waals surface area contributed by atoms with Gasteiger partial charge in [-0.3, -0.25) is 10.1 Å². The van der Waals surface area contributed by atoms with E-state index in [2.05, 4.69) is 15.3 Å². The highest BCUT2D eigenvalue weighted by molar-refractivity contribution is 5.62. The number of aryl methyl sites for hydroxylation is 1. The molecule has 0 aliphatic carbocycles. The normalized spacial score (nSPS) is 11.3. The molecule has 0 unspecified atom stereocenters. The summed E-state index contributed by atoms with van der Waals surface area (Å²) >= 11 is 0. The lowest BCUT2D eigenvalue weighted by molar-refractivity contribution is -0.385. The van der Waals surface area contributed by atoms with E-state index in [4.69, 9.17) is 0 Å². The average Bonchev–Trinajstić information content (AvgIpc) is 2.24. The third-order valence-electron chi connectivity index (χ3n) is 2.43. The maximum Gasteiger partial charge on any atom is 0.332 e. The first kappa shape index (κ1) is 15.1. The minimum absolute atomic E-state index is 0.147. The molecule has 0 saturated heterocycles. The summed E-state index contributed by atoms with van der Waals surface area (Å²) in [5.41, 5.74) is -0.853. The van der Waals surface area contributed by atoms with Gasteiger partial charge in [0, 0.05) is 20.6 Å². The highest BCUT2D eigenvalue weighted by atomic mass is 16.6. The van der Waals surface area contributed by atoms with Crippen LogP contribution in [-0.4, -0.2) is 46.2 Å². The predicted molar refractivity (Wildman–Crippen MR) is 72.5 cm³/mol. The summed E-state index contributed by atoms with van der Waals surface area (Å²) in [6, 6.07) is 0. The van der Waals surface area contributed by atoms with Crippen LogP contribution in [0.25, 0.3) is 0 Å². The Hall–Kier alpha value is -1.96. The molecule has 8 heteroatoms. The fourth-order valence-electron chi connectivity index (χ4n) is 1.80. The summed E-state index contributed by atoms with van der Waals surface area (Å²) in [5.74, 6) is 0.490. The molecule has 0 bridgehead atoms. The number of aromatic nitrogens is 2. The molecule has 0 aromatic carbocycles. The van der Waals surface area contributed by atoms with E-state index in [9.17, 15) is 15.2 Å². The number of hydrogen-bond donors (Lipinski definition) is 2. The van der Waals surface area contributed by atoms with Gasteiger partial charge in [0.15, 0.2) is 0 Å². The van der Waals surface area contributed by atoms with Crippen LogP contribution in [0.2, 0.25) is 0 Å². The molecule has 0 atom stereocenters. The molecule has 0 saturated carbocycles. The topological polar surface area (TPSA) is 104 Å². The van der Waals surface area contributed by atoms with Crippen LogP contribution in [0, 0.1) is 17.0 Å². The van der Waals surface area contributed by atoms with Crippen LogP contribution in [0.3, 0.4) is 0 Å². The van der Waals surface area contributed by atoms with Gasteiger partial charge in [0.25, 0.3) is 0 Å². The Balaban J connectivity index is 3.30. The van der Waals surface area contributed by atoms with Gasteiger partial charge in [-0.15, -0.1) is 0 Å². The molecule has 0 aliphatic rings. The Kier molecular flexibility index (Phi) is 4.25. The number of hydrogen-bond acceptors (Lipinski definition) is 7. The molecule has 2 N–H and O–H groups in total. The number of nitrogens with zero attached hydrogens (tertiary/aromatic N) is 4. The lowest BCUT2D eigenvalue weighted by atomic mass is 10.1. The minimum atomic E-state index is -0.985. The first-order valence-corrected chi connectivity index (χ1v) is 5.80. The lowest BCUT2D eigenvalue weighted by Crippen LogP contribution is -2.37. The van der Waals surface area contributed by atoms with Gasteiger partial charge in [0.2, 0.25) is 11.8 Å². The molecule has 1 heterocycles. The number of likely N-dealkylation sites (N-methyl/N-ethyl adjacent to an activating group) is 1. The van der Waals surface area contributed by atoms with Gasteiger partial charge < -0.3 is 15.3 Å². The number of nitro groups is 1. The molecule has 8 nitrogen and oxygen atoms in total. The molecule has 0 fully saturated rings. The average molecular weight is 269 g/mol. The van der Waals surface area contributed by atoms with Gasteiger partial charge in [-0.1, -0.05) is 0 Å². The SMILES string of the molecule is CNc1nc(C)c([N+](=O)[O-])c(N(C)CC(C)(C)O)n1. The zero-order valence-electron chi connectivity index (χ0n) is 11.8. The largest absolute Gasteiger partial charge is 0.389 e. The van der Waals surface area contributed by atoms with Crippen LogP contribution in [-0.2, 0) is 0 Å². The van der Waals surface area contributed by atoms with Crippen molar-refractivity contribution in [3.8, 4) is 0 Å². The van der Waals surface area contributed by atoms with Crippen LogP contribution in [0.4, 0.5) is 17.5 Å². The molecule has 106 valence electrons. The van der Waals surface area contributed by atoms with E-state index in [1.54, 1.807) is 39.8 Å². The van der Waals surface area contributed by atoms with Gasteiger partial charge in [0.1, 0.15) is 5.69 Å². The maximum atomic E-state index is 11.1. The molecular formula is C11H19N5O3. The van der Waals surface area contributed by atoms with Gasteiger partial charge in [-0.25, -0.2) is 4.98 Å². The van der Waals surface area contributed by atoms with Crippen LogP contribution in [0.5, 0.6) is 0 Å². The van der Waals surface area contributed by atoms with E-state index in [1.807, 2.05) is 0 Å². The standard InChI is InChI=1S/C11H19N5O3/c1-7-8(16(18)19)9(14-10(12-4)13-7)15(5)6-11(2,3)17/h17H,6H2,1-5H3,(H,12,13,14). The Bertz CT molecular complexity index is 484. The van der Waals surface area contributed by atoms with Gasteiger partial charge in [-0.05, 0) is 20.8 Å². The van der Waals surface area contributed by atoms with Crippen LogP contribution in [0.1, 0.15) is 19.5 Å². The number of rotatable bonds is 5. The highest BCUT2D eigenvalue weighted by Crippen LogP contribution is 2.29. The van der Waals surface area contributed by atoms with E-state index < -0.39 is 10.5 Å². The van der Waals surface area contributed by atoms with Gasteiger partial charge >= 0.3 is 5.69 Å². The molecule has 1 aromatic heterocycles. The Morgan fingerprint density at radius 1 is 1.47 bits per heavy atom. The maximum absolute atomic E-state index is 11.1. The summed E-state index contributed by atoms with van der Waals surface area (Å²) in [6.07, 6.45) is 0. The Labute approximate surface area is 111 Å². The number of nitrogens with one attached hydrogen (secondary N) is 1. The van der Waals surface area contributed by atoms with E-state index in [0.29, 0.717) is 5.95 Å². The van der Waals surface area contributed by atoms with Gasteiger partial charge in [0.05, 0.1) is 10.5 Å². The van der Waals surface area contributed by atoms with E-state index >= 15 is 0 Å². The van der Waals surface area contributed by atoms with Crippen molar-refractivity contribution in [2.24, 2.45) is 0 Å². The third-order valence-corrected chi connectivity index (χ3v) is 2.43. The summed E-state index contributed by atoms with van der Waals surface area (Å²) in [4.78, 5) is 20.3. The zero-order chi connectivity index (χ0) is 14.8. The molecule has 1 aromatic rings. The van der Waals surface area contributed by atoms with Crippen molar-refractivity contribution >= 4 is 17.5 Å². The van der Waals surface area contributed by atoms with Gasteiger partial charge in [-0.2, -0.15) is 4.98 Å². The van der Waals surface area contributed by atoms with Crippen molar-refractivity contribution in [3.63, 3.8) is 0 Å². The molecule has 0 radical (unpaired) electrons. The number of anilines is 2. The molecular weight excluding hydrogens is 250 g/mol. The Morgan fingerprint density at radius 2 is 2.05 bits per heavy atom. The van der Waals surface area contributed by atoms with Crippen molar-refractivity contribution in [2.45, 2.75) is 26.4 Å². The minimum Gasteiger partial charge on any atom is -0.389 e. The number of aliphatic hydroxyl groups is 1. The third kappa shape index (κ3) is 3.75. The van der Waals surface area contributed by atoms with E-state index in [1.165, 1.54) is 0 Å². The monoisotopic (exact) mass is 269 g/mol. The molecule has 19 heavy (non-hydrogen) atoms.